The Labute approximate surface area is 120 Å². The summed E-state index contributed by atoms with van der Waals surface area (Å²) >= 11 is 3.31. The van der Waals surface area contributed by atoms with Gasteiger partial charge < -0.3 is 9.84 Å². The number of aliphatic hydroxyl groups excluding tert-OH is 1. The van der Waals surface area contributed by atoms with Crippen LogP contribution in [0.2, 0.25) is 0 Å². The van der Waals surface area contributed by atoms with Crippen molar-refractivity contribution in [2.24, 2.45) is 0 Å². The Hall–Kier alpha value is -1.39. The minimum Gasteiger partial charge on any atom is -0.456 e. The van der Waals surface area contributed by atoms with Gasteiger partial charge in [-0.3, -0.25) is 0 Å². The number of rotatable bonds is 4. The van der Waals surface area contributed by atoms with Gasteiger partial charge in [-0.15, -0.1) is 0 Å². The molecule has 0 heterocycles. The number of hydrogen-bond acceptors (Lipinski definition) is 2. The smallest absolute Gasteiger partial charge is 0.144 e. The molecule has 100 valence electrons. The normalized spacial score (nSPS) is 12.2. The monoisotopic (exact) mass is 324 g/mol. The van der Waals surface area contributed by atoms with Gasteiger partial charge in [-0.1, -0.05) is 19.1 Å². The summed E-state index contributed by atoms with van der Waals surface area (Å²) in [6.45, 7) is 1.92. The van der Waals surface area contributed by atoms with Gasteiger partial charge in [0.15, 0.2) is 0 Å². The van der Waals surface area contributed by atoms with E-state index >= 15 is 0 Å². The van der Waals surface area contributed by atoms with E-state index < -0.39 is 6.10 Å². The molecular weight excluding hydrogens is 311 g/mol. The van der Waals surface area contributed by atoms with Crippen molar-refractivity contribution >= 4 is 15.9 Å². The van der Waals surface area contributed by atoms with Crippen molar-refractivity contribution in [3.63, 3.8) is 0 Å². The van der Waals surface area contributed by atoms with Crippen molar-refractivity contribution in [1.82, 2.24) is 0 Å². The molecule has 2 nitrogen and oxygen atoms in total. The molecule has 0 saturated heterocycles. The summed E-state index contributed by atoms with van der Waals surface area (Å²) < 4.78 is 19.4. The SMILES string of the molecule is CC[C@@H](O)c1ccc(Oc2cc(F)ccc2Br)cc1. The lowest BCUT2D eigenvalue weighted by atomic mass is 10.1. The average Bonchev–Trinajstić information content (AvgIpc) is 2.43. The molecule has 0 bridgehead atoms. The fourth-order valence-electron chi connectivity index (χ4n) is 1.68. The summed E-state index contributed by atoms with van der Waals surface area (Å²) in [5, 5.41) is 9.69. The lowest BCUT2D eigenvalue weighted by Crippen LogP contribution is -1.94. The average molecular weight is 325 g/mol. The minimum absolute atomic E-state index is 0.351. The molecule has 0 aliphatic heterocycles. The topological polar surface area (TPSA) is 29.5 Å². The third-order valence-electron chi connectivity index (χ3n) is 2.77. The van der Waals surface area contributed by atoms with Gasteiger partial charge in [0.25, 0.3) is 0 Å². The molecule has 0 aliphatic rings. The molecular formula is C15H14BrFO2. The van der Waals surface area contributed by atoms with Gasteiger partial charge >= 0.3 is 0 Å². The predicted molar refractivity (Wildman–Crippen MR) is 75.9 cm³/mol. The molecule has 0 aromatic heterocycles. The summed E-state index contributed by atoms with van der Waals surface area (Å²) in [5.74, 6) is 0.665. The zero-order valence-corrected chi connectivity index (χ0v) is 12.0. The number of ether oxygens (including phenoxy) is 1. The van der Waals surface area contributed by atoms with E-state index in [9.17, 15) is 9.50 Å². The molecule has 2 rings (SSSR count). The highest BCUT2D eigenvalue weighted by Gasteiger charge is 2.07. The van der Waals surface area contributed by atoms with Gasteiger partial charge in [-0.25, -0.2) is 4.39 Å². The highest BCUT2D eigenvalue weighted by molar-refractivity contribution is 9.10. The van der Waals surface area contributed by atoms with Crippen molar-refractivity contribution < 1.29 is 14.2 Å². The van der Waals surface area contributed by atoms with E-state index in [0.717, 1.165) is 5.56 Å². The number of halogens is 2. The first kappa shape index (κ1) is 14.0. The van der Waals surface area contributed by atoms with E-state index in [1.165, 1.54) is 12.1 Å². The lowest BCUT2D eigenvalue weighted by Gasteiger charge is -2.11. The van der Waals surface area contributed by atoms with E-state index in [1.54, 1.807) is 30.3 Å². The summed E-state index contributed by atoms with van der Waals surface area (Å²) in [4.78, 5) is 0. The molecule has 0 spiro atoms. The number of aliphatic hydroxyl groups is 1. The Bertz CT molecular complexity index is 555. The van der Waals surface area contributed by atoms with Crippen molar-refractivity contribution in [2.75, 3.05) is 0 Å². The van der Waals surface area contributed by atoms with Crippen LogP contribution in [0.3, 0.4) is 0 Å². The van der Waals surface area contributed by atoms with Gasteiger partial charge in [-0.2, -0.15) is 0 Å². The molecule has 1 N–H and O–H groups in total. The number of benzene rings is 2. The van der Waals surface area contributed by atoms with Crippen LogP contribution >= 0.6 is 15.9 Å². The van der Waals surface area contributed by atoms with E-state index in [0.29, 0.717) is 22.4 Å². The van der Waals surface area contributed by atoms with Crippen LogP contribution in [0.1, 0.15) is 25.0 Å². The summed E-state index contributed by atoms with van der Waals surface area (Å²) in [6.07, 6.45) is 0.199. The van der Waals surface area contributed by atoms with E-state index in [2.05, 4.69) is 15.9 Å². The zero-order chi connectivity index (χ0) is 13.8. The summed E-state index contributed by atoms with van der Waals surface area (Å²) in [7, 11) is 0. The first-order valence-corrected chi connectivity index (χ1v) is 6.80. The summed E-state index contributed by atoms with van der Waals surface area (Å²) in [6, 6.07) is 11.4. The standard InChI is InChI=1S/C15H14BrFO2/c1-2-14(18)10-3-6-12(7-4-10)19-15-9-11(17)5-8-13(15)16/h3-9,14,18H,2H2,1H3/t14-/m1/s1. The quantitative estimate of drug-likeness (QED) is 0.873. The zero-order valence-electron chi connectivity index (χ0n) is 10.4. The van der Waals surface area contributed by atoms with E-state index in [-0.39, 0.29) is 5.82 Å². The maximum absolute atomic E-state index is 13.1. The fourth-order valence-corrected chi connectivity index (χ4v) is 2.00. The Morgan fingerprint density at radius 3 is 2.53 bits per heavy atom. The molecule has 0 fully saturated rings. The van der Waals surface area contributed by atoms with Crippen molar-refractivity contribution in [2.45, 2.75) is 19.4 Å². The van der Waals surface area contributed by atoms with Crippen LogP contribution in [0, 0.1) is 5.82 Å². The molecule has 0 unspecified atom stereocenters. The number of hydrogen-bond donors (Lipinski definition) is 1. The molecule has 0 aliphatic carbocycles. The van der Waals surface area contributed by atoms with Crippen LogP contribution < -0.4 is 4.74 Å². The van der Waals surface area contributed by atoms with E-state index in [4.69, 9.17) is 4.74 Å². The molecule has 2 aromatic carbocycles. The van der Waals surface area contributed by atoms with Crippen molar-refractivity contribution in [1.29, 1.82) is 0 Å². The van der Waals surface area contributed by atoms with Gasteiger partial charge in [0, 0.05) is 6.07 Å². The largest absolute Gasteiger partial charge is 0.456 e. The molecule has 2 aromatic rings. The Balaban J connectivity index is 2.17. The van der Waals surface area contributed by atoms with Crippen LogP contribution in [0.15, 0.2) is 46.9 Å². The Kier molecular flexibility index (Phi) is 4.56. The van der Waals surface area contributed by atoms with Crippen LogP contribution in [-0.4, -0.2) is 5.11 Å². The lowest BCUT2D eigenvalue weighted by molar-refractivity contribution is 0.173. The molecule has 0 saturated carbocycles. The third-order valence-corrected chi connectivity index (χ3v) is 3.43. The summed E-state index contributed by atoms with van der Waals surface area (Å²) in [5.41, 5.74) is 0.841. The van der Waals surface area contributed by atoms with Gasteiger partial charge in [0.05, 0.1) is 10.6 Å². The first-order chi connectivity index (χ1) is 9.10. The van der Waals surface area contributed by atoms with Gasteiger partial charge in [-0.05, 0) is 52.2 Å². The predicted octanol–water partition coefficient (Wildman–Crippen LogP) is 4.82. The van der Waals surface area contributed by atoms with Crippen molar-refractivity contribution in [3.8, 4) is 11.5 Å². The Morgan fingerprint density at radius 2 is 1.89 bits per heavy atom. The third kappa shape index (κ3) is 3.55. The van der Waals surface area contributed by atoms with Gasteiger partial charge in [0.2, 0.25) is 0 Å². The first-order valence-electron chi connectivity index (χ1n) is 6.01. The fraction of sp³-hybridized carbons (Fsp3) is 0.200. The maximum Gasteiger partial charge on any atom is 0.144 e. The van der Waals surface area contributed by atoms with Gasteiger partial charge in [0.1, 0.15) is 17.3 Å². The second kappa shape index (κ2) is 6.17. The molecule has 0 radical (unpaired) electrons. The highest BCUT2D eigenvalue weighted by Crippen LogP contribution is 2.31. The molecule has 1 atom stereocenters. The molecule has 19 heavy (non-hydrogen) atoms. The minimum atomic E-state index is -0.463. The molecule has 0 amide bonds. The van der Waals surface area contributed by atoms with Crippen LogP contribution in [0.4, 0.5) is 4.39 Å². The van der Waals surface area contributed by atoms with Crippen LogP contribution in [0.5, 0.6) is 11.5 Å². The molecule has 4 heteroatoms. The van der Waals surface area contributed by atoms with Crippen molar-refractivity contribution in [3.05, 3.63) is 58.3 Å². The maximum atomic E-state index is 13.1. The second-order valence-electron chi connectivity index (χ2n) is 4.17. The van der Waals surface area contributed by atoms with Crippen LogP contribution in [-0.2, 0) is 0 Å². The second-order valence-corrected chi connectivity index (χ2v) is 5.02. The highest BCUT2D eigenvalue weighted by atomic mass is 79.9. The Morgan fingerprint density at radius 1 is 1.21 bits per heavy atom. The van der Waals surface area contributed by atoms with E-state index in [1.807, 2.05) is 6.92 Å². The van der Waals surface area contributed by atoms with Crippen LogP contribution in [0.25, 0.3) is 0 Å².